The molecule has 0 radical (unpaired) electrons. The van der Waals surface area contributed by atoms with Gasteiger partial charge in [-0.05, 0) is 59.3 Å². The summed E-state index contributed by atoms with van der Waals surface area (Å²) in [7, 11) is 0. The summed E-state index contributed by atoms with van der Waals surface area (Å²) in [5.74, 6) is 0.0409. The van der Waals surface area contributed by atoms with Gasteiger partial charge >= 0.3 is 0 Å². The Bertz CT molecular complexity index is 749. The third-order valence-electron chi connectivity index (χ3n) is 3.15. The van der Waals surface area contributed by atoms with Crippen LogP contribution in [0.5, 0.6) is 0 Å². The van der Waals surface area contributed by atoms with E-state index in [4.69, 9.17) is 17.3 Å². The zero-order chi connectivity index (χ0) is 15.0. The fourth-order valence-electron chi connectivity index (χ4n) is 1.97. The predicted molar refractivity (Wildman–Crippen MR) is 78.7 cm³/mol. The lowest BCUT2D eigenvalue weighted by Crippen LogP contribution is -2.01. The molecule has 0 atom stereocenters. The first-order valence-electron chi connectivity index (χ1n) is 6.16. The summed E-state index contributed by atoms with van der Waals surface area (Å²) in [6.07, 6.45) is 0. The number of hydrogen-bond donors (Lipinski definition) is 1. The average Bonchev–Trinajstić information content (AvgIpc) is 2.94. The molecule has 0 fully saturated rings. The molecule has 0 saturated carbocycles. The van der Waals surface area contributed by atoms with Crippen molar-refractivity contribution in [3.63, 3.8) is 0 Å². The van der Waals surface area contributed by atoms with Crippen LogP contribution in [-0.4, -0.2) is 20.2 Å². The van der Waals surface area contributed by atoms with Crippen molar-refractivity contribution in [1.29, 1.82) is 0 Å². The van der Waals surface area contributed by atoms with Crippen molar-refractivity contribution in [2.75, 3.05) is 5.73 Å². The number of rotatable bonds is 2. The lowest BCUT2D eigenvalue weighted by Gasteiger charge is -2.07. The Balaban J connectivity index is 2.12. The van der Waals surface area contributed by atoms with Gasteiger partial charge in [0.25, 0.3) is 0 Å². The topological polar surface area (TPSA) is 69.6 Å². The number of aryl methyl sites for hydroxylation is 1. The van der Waals surface area contributed by atoms with Crippen molar-refractivity contribution in [3.05, 3.63) is 52.8 Å². The molecule has 0 unspecified atom stereocenters. The van der Waals surface area contributed by atoms with Crippen molar-refractivity contribution in [2.24, 2.45) is 0 Å². The van der Waals surface area contributed by atoms with Crippen LogP contribution in [0.3, 0.4) is 0 Å². The summed E-state index contributed by atoms with van der Waals surface area (Å²) in [4.78, 5) is 0. The molecule has 3 aromatic rings. The van der Waals surface area contributed by atoms with Crippen LogP contribution < -0.4 is 5.73 Å². The van der Waals surface area contributed by atoms with E-state index in [0.29, 0.717) is 17.2 Å². The molecule has 106 valence electrons. The quantitative estimate of drug-likeness (QED) is 0.739. The highest BCUT2D eigenvalue weighted by Gasteiger charge is 2.13. The fraction of sp³-hybridized carbons (Fsp3) is 0.0714. The molecule has 0 amide bonds. The van der Waals surface area contributed by atoms with Crippen LogP contribution in [0.2, 0.25) is 5.02 Å². The summed E-state index contributed by atoms with van der Waals surface area (Å²) in [5.41, 5.74) is 8.83. The minimum Gasteiger partial charge on any atom is -0.399 e. The molecule has 0 bridgehead atoms. The molecule has 1 aromatic heterocycles. The molecule has 1 heterocycles. The van der Waals surface area contributed by atoms with Crippen molar-refractivity contribution in [2.45, 2.75) is 6.92 Å². The number of anilines is 1. The van der Waals surface area contributed by atoms with Gasteiger partial charge in [0.2, 0.25) is 0 Å². The van der Waals surface area contributed by atoms with Gasteiger partial charge in [0.15, 0.2) is 5.82 Å². The third kappa shape index (κ3) is 2.45. The molecular formula is C14H11ClFN5. The van der Waals surface area contributed by atoms with E-state index >= 15 is 0 Å². The van der Waals surface area contributed by atoms with Crippen molar-refractivity contribution >= 4 is 17.3 Å². The maximum atomic E-state index is 13.3. The number of benzene rings is 2. The van der Waals surface area contributed by atoms with Crippen LogP contribution in [0.1, 0.15) is 5.56 Å². The Hall–Kier alpha value is -2.47. The highest BCUT2D eigenvalue weighted by atomic mass is 35.5. The van der Waals surface area contributed by atoms with Crippen LogP contribution in [-0.2, 0) is 0 Å². The molecule has 0 aliphatic heterocycles. The number of tetrazole rings is 1. The SMILES string of the molecule is Cc1cc(-c2nnnn2-c2ccc(F)c(Cl)c2)ccc1N. The number of nitrogens with zero attached hydrogens (tertiary/aromatic N) is 4. The summed E-state index contributed by atoms with van der Waals surface area (Å²) in [6, 6.07) is 9.82. The van der Waals surface area contributed by atoms with E-state index in [1.54, 1.807) is 12.1 Å². The first-order chi connectivity index (χ1) is 10.1. The van der Waals surface area contributed by atoms with Crippen molar-refractivity contribution in [1.82, 2.24) is 20.2 Å². The second kappa shape index (κ2) is 5.14. The third-order valence-corrected chi connectivity index (χ3v) is 3.43. The smallest absolute Gasteiger partial charge is 0.187 e. The minimum atomic E-state index is -0.488. The molecule has 2 aromatic carbocycles. The Morgan fingerprint density at radius 3 is 2.71 bits per heavy atom. The van der Waals surface area contributed by atoms with Gasteiger partial charge in [-0.1, -0.05) is 11.6 Å². The van der Waals surface area contributed by atoms with Crippen LogP contribution in [0.25, 0.3) is 17.1 Å². The Morgan fingerprint density at radius 2 is 2.00 bits per heavy atom. The maximum absolute atomic E-state index is 13.3. The van der Waals surface area contributed by atoms with E-state index in [9.17, 15) is 4.39 Å². The normalized spacial score (nSPS) is 10.8. The molecule has 3 rings (SSSR count). The van der Waals surface area contributed by atoms with E-state index in [2.05, 4.69) is 15.5 Å². The van der Waals surface area contributed by atoms with Crippen LogP contribution in [0.15, 0.2) is 36.4 Å². The van der Waals surface area contributed by atoms with Gasteiger partial charge in [0, 0.05) is 11.3 Å². The largest absolute Gasteiger partial charge is 0.399 e. The molecule has 0 spiro atoms. The van der Waals surface area contributed by atoms with E-state index in [1.165, 1.54) is 16.8 Å². The highest BCUT2D eigenvalue weighted by Crippen LogP contribution is 2.25. The first-order valence-corrected chi connectivity index (χ1v) is 6.54. The summed E-state index contributed by atoms with van der Waals surface area (Å²) >= 11 is 5.80. The van der Waals surface area contributed by atoms with Crippen LogP contribution in [0, 0.1) is 12.7 Å². The first kappa shape index (κ1) is 13.5. The zero-order valence-corrected chi connectivity index (χ0v) is 11.8. The van der Waals surface area contributed by atoms with Crippen molar-refractivity contribution in [3.8, 4) is 17.1 Å². The molecule has 5 nitrogen and oxygen atoms in total. The summed E-state index contributed by atoms with van der Waals surface area (Å²) in [5, 5.41) is 11.6. The predicted octanol–water partition coefficient (Wildman–Crippen LogP) is 3.01. The van der Waals surface area contributed by atoms with Gasteiger partial charge in [-0.2, -0.15) is 4.68 Å². The molecule has 7 heteroatoms. The fourth-order valence-corrected chi connectivity index (χ4v) is 2.15. The number of aromatic nitrogens is 4. The summed E-state index contributed by atoms with van der Waals surface area (Å²) < 4.78 is 14.8. The zero-order valence-electron chi connectivity index (χ0n) is 11.1. The number of halogens is 2. The van der Waals surface area contributed by atoms with Gasteiger partial charge in [0.1, 0.15) is 5.82 Å². The number of nitrogens with two attached hydrogens (primary N) is 1. The second-order valence-corrected chi connectivity index (χ2v) is 4.99. The lowest BCUT2D eigenvalue weighted by molar-refractivity contribution is 0.627. The van der Waals surface area contributed by atoms with E-state index in [1.807, 2.05) is 19.1 Å². The highest BCUT2D eigenvalue weighted by molar-refractivity contribution is 6.30. The molecule has 21 heavy (non-hydrogen) atoms. The Labute approximate surface area is 125 Å². The average molecular weight is 304 g/mol. The second-order valence-electron chi connectivity index (χ2n) is 4.58. The van der Waals surface area contributed by atoms with Crippen molar-refractivity contribution < 1.29 is 4.39 Å². The van der Waals surface area contributed by atoms with E-state index in [-0.39, 0.29) is 5.02 Å². The van der Waals surface area contributed by atoms with E-state index < -0.39 is 5.82 Å². The number of nitrogen functional groups attached to an aromatic ring is 1. The maximum Gasteiger partial charge on any atom is 0.187 e. The van der Waals surface area contributed by atoms with Gasteiger partial charge in [-0.25, -0.2) is 4.39 Å². The monoisotopic (exact) mass is 303 g/mol. The van der Waals surface area contributed by atoms with Crippen LogP contribution >= 0.6 is 11.6 Å². The number of hydrogen-bond acceptors (Lipinski definition) is 4. The molecule has 2 N–H and O–H groups in total. The standard InChI is InChI=1S/C14H11ClFN5/c1-8-6-9(2-5-13(8)17)14-18-19-20-21(14)10-3-4-12(16)11(15)7-10/h2-7H,17H2,1H3. The summed E-state index contributed by atoms with van der Waals surface area (Å²) in [6.45, 7) is 1.90. The van der Waals surface area contributed by atoms with Gasteiger partial charge in [-0.15, -0.1) is 5.10 Å². The Morgan fingerprint density at radius 1 is 1.19 bits per heavy atom. The van der Waals surface area contributed by atoms with Gasteiger partial charge < -0.3 is 5.73 Å². The Kier molecular flexibility index (Phi) is 3.31. The van der Waals surface area contributed by atoms with Gasteiger partial charge in [-0.3, -0.25) is 0 Å². The van der Waals surface area contributed by atoms with Gasteiger partial charge in [0.05, 0.1) is 10.7 Å². The molecule has 0 saturated heterocycles. The van der Waals surface area contributed by atoms with E-state index in [0.717, 1.165) is 11.1 Å². The van der Waals surface area contributed by atoms with Crippen LogP contribution in [0.4, 0.5) is 10.1 Å². The molecule has 0 aliphatic carbocycles. The lowest BCUT2D eigenvalue weighted by atomic mass is 10.1. The minimum absolute atomic E-state index is 0.0161. The molecule has 0 aliphatic rings. The molecular weight excluding hydrogens is 293 g/mol.